The van der Waals surface area contributed by atoms with E-state index in [-0.39, 0.29) is 25.0 Å². The number of unbranched alkanes of at least 4 members (excludes halogenated alkanes) is 1. The second-order valence-electron chi connectivity index (χ2n) is 10.6. The van der Waals surface area contributed by atoms with Gasteiger partial charge in [-0.1, -0.05) is 48.5 Å². The van der Waals surface area contributed by atoms with Gasteiger partial charge in [0.25, 0.3) is 0 Å². The molecule has 0 aliphatic heterocycles. The predicted molar refractivity (Wildman–Crippen MR) is 151 cm³/mol. The van der Waals surface area contributed by atoms with Gasteiger partial charge in [0, 0.05) is 26.7 Å². The van der Waals surface area contributed by atoms with Crippen molar-refractivity contribution >= 4 is 18.1 Å². The summed E-state index contributed by atoms with van der Waals surface area (Å²) in [5.41, 5.74) is 3.90. The smallest absolute Gasteiger partial charge is 0.407 e. The van der Waals surface area contributed by atoms with Crippen molar-refractivity contribution in [1.29, 1.82) is 0 Å². The SMILES string of the molecule is COC(CNC(=O)[C@H](CCCCNC(=O)OC(C)(C)C)NC(=O)OCC1c2ccccc2-c2ccccc21)OC. The van der Waals surface area contributed by atoms with Crippen molar-refractivity contribution in [2.45, 2.75) is 63.9 Å². The molecule has 0 aromatic heterocycles. The molecule has 2 aromatic carbocycles. The van der Waals surface area contributed by atoms with Crippen LogP contribution in [0.15, 0.2) is 48.5 Å². The van der Waals surface area contributed by atoms with Crippen LogP contribution < -0.4 is 16.0 Å². The maximum absolute atomic E-state index is 12.9. The molecular weight excluding hydrogens is 514 g/mol. The zero-order valence-electron chi connectivity index (χ0n) is 24.0. The lowest BCUT2D eigenvalue weighted by atomic mass is 9.98. The summed E-state index contributed by atoms with van der Waals surface area (Å²) in [6, 6.07) is 15.3. The summed E-state index contributed by atoms with van der Waals surface area (Å²) < 4.78 is 21.1. The molecule has 1 atom stereocenters. The highest BCUT2D eigenvalue weighted by Crippen LogP contribution is 2.44. The Morgan fingerprint density at radius 2 is 1.45 bits per heavy atom. The number of rotatable bonds is 13. The Kier molecular flexibility index (Phi) is 11.3. The van der Waals surface area contributed by atoms with Crippen molar-refractivity contribution in [3.63, 3.8) is 0 Å². The van der Waals surface area contributed by atoms with E-state index in [1.165, 1.54) is 14.2 Å². The molecule has 3 N–H and O–H groups in total. The summed E-state index contributed by atoms with van der Waals surface area (Å²) in [5.74, 6) is -0.471. The summed E-state index contributed by atoms with van der Waals surface area (Å²) in [4.78, 5) is 37.7. The largest absolute Gasteiger partial charge is 0.449 e. The van der Waals surface area contributed by atoms with E-state index in [2.05, 4.69) is 28.1 Å². The quantitative estimate of drug-likeness (QED) is 0.248. The molecule has 0 saturated carbocycles. The molecule has 3 amide bonds. The van der Waals surface area contributed by atoms with Gasteiger partial charge < -0.3 is 34.9 Å². The summed E-state index contributed by atoms with van der Waals surface area (Å²) >= 11 is 0. The number of fused-ring (bicyclic) bond motifs is 3. The van der Waals surface area contributed by atoms with Crippen LogP contribution >= 0.6 is 0 Å². The third-order valence-electron chi connectivity index (χ3n) is 6.51. The van der Waals surface area contributed by atoms with Gasteiger partial charge in [-0.25, -0.2) is 9.59 Å². The van der Waals surface area contributed by atoms with E-state index < -0.39 is 30.1 Å². The minimum Gasteiger partial charge on any atom is -0.449 e. The number of alkyl carbamates (subject to hydrolysis) is 2. The number of hydrogen-bond acceptors (Lipinski definition) is 7. The Morgan fingerprint density at radius 1 is 0.850 bits per heavy atom. The van der Waals surface area contributed by atoms with Gasteiger partial charge >= 0.3 is 12.2 Å². The third-order valence-corrected chi connectivity index (χ3v) is 6.51. The summed E-state index contributed by atoms with van der Waals surface area (Å²) in [6.45, 7) is 6.02. The van der Waals surface area contributed by atoms with Gasteiger partial charge in [-0.05, 0) is 62.3 Å². The third kappa shape index (κ3) is 8.96. The first kappa shape index (κ1) is 30.9. The number of amides is 3. The van der Waals surface area contributed by atoms with Gasteiger partial charge in [-0.3, -0.25) is 4.79 Å². The minimum atomic E-state index is -0.841. The first-order valence-corrected chi connectivity index (χ1v) is 13.5. The molecule has 0 unspecified atom stereocenters. The van der Waals surface area contributed by atoms with Crippen LogP contribution in [0.4, 0.5) is 9.59 Å². The summed E-state index contributed by atoms with van der Waals surface area (Å²) in [7, 11) is 2.95. The number of hydrogen-bond donors (Lipinski definition) is 3. The van der Waals surface area contributed by atoms with Gasteiger partial charge in [0.15, 0.2) is 6.29 Å². The van der Waals surface area contributed by atoms with Crippen molar-refractivity contribution in [3.8, 4) is 11.1 Å². The molecule has 0 heterocycles. The Hall–Kier alpha value is -3.63. The number of carbonyl (C=O) groups excluding carboxylic acids is 3. The fraction of sp³-hybridized carbons (Fsp3) is 0.500. The molecule has 2 aromatic rings. The molecule has 0 fully saturated rings. The van der Waals surface area contributed by atoms with Gasteiger partial charge in [0.2, 0.25) is 5.91 Å². The second-order valence-corrected chi connectivity index (χ2v) is 10.6. The number of carbonyl (C=O) groups is 3. The predicted octanol–water partition coefficient (Wildman–Crippen LogP) is 4.32. The molecule has 10 nitrogen and oxygen atoms in total. The Labute approximate surface area is 236 Å². The van der Waals surface area contributed by atoms with Crippen LogP contribution in [-0.2, 0) is 23.7 Å². The standard InChI is InChI=1S/C30H41N3O7/c1-30(2,3)40-28(35)31-17-11-10-16-25(27(34)32-18-26(37-4)38-5)33-29(36)39-19-24-22-14-8-6-12-20(22)21-13-7-9-15-23(21)24/h6-9,12-15,24-26H,10-11,16-19H2,1-5H3,(H,31,35)(H,32,34)(H,33,36)/t25-/m0/s1. The maximum atomic E-state index is 12.9. The molecule has 1 aliphatic carbocycles. The fourth-order valence-corrected chi connectivity index (χ4v) is 4.60. The molecule has 40 heavy (non-hydrogen) atoms. The molecule has 0 spiro atoms. The molecular formula is C30H41N3O7. The molecule has 1 aliphatic rings. The van der Waals surface area contributed by atoms with E-state index in [0.29, 0.717) is 25.8 Å². The van der Waals surface area contributed by atoms with Gasteiger partial charge in [-0.15, -0.1) is 0 Å². The van der Waals surface area contributed by atoms with Gasteiger partial charge in [0.1, 0.15) is 18.2 Å². The van der Waals surface area contributed by atoms with Crippen molar-refractivity contribution < 1.29 is 33.3 Å². The summed E-state index contributed by atoms with van der Waals surface area (Å²) in [6.07, 6.45) is -0.287. The van der Waals surface area contributed by atoms with Crippen LogP contribution in [-0.4, -0.2) is 69.9 Å². The molecule has 218 valence electrons. The number of nitrogens with one attached hydrogen (secondary N) is 3. The lowest BCUT2D eigenvalue weighted by molar-refractivity contribution is -0.129. The van der Waals surface area contributed by atoms with Crippen LogP contribution in [0.3, 0.4) is 0 Å². The zero-order valence-corrected chi connectivity index (χ0v) is 24.0. The highest BCUT2D eigenvalue weighted by atomic mass is 16.7. The monoisotopic (exact) mass is 555 g/mol. The van der Waals surface area contributed by atoms with E-state index in [9.17, 15) is 14.4 Å². The Morgan fingerprint density at radius 3 is 2.02 bits per heavy atom. The lowest BCUT2D eigenvalue weighted by Gasteiger charge is -2.21. The van der Waals surface area contributed by atoms with Crippen LogP contribution in [0.5, 0.6) is 0 Å². The molecule has 0 saturated heterocycles. The topological polar surface area (TPSA) is 124 Å². The normalized spacial score (nSPS) is 13.2. The average Bonchev–Trinajstić information content (AvgIpc) is 3.24. The lowest BCUT2D eigenvalue weighted by Crippen LogP contribution is -2.49. The van der Waals surface area contributed by atoms with Crippen LogP contribution in [0.25, 0.3) is 11.1 Å². The second kappa shape index (κ2) is 14.7. The van der Waals surface area contributed by atoms with Crippen LogP contribution in [0.2, 0.25) is 0 Å². The molecule has 0 bridgehead atoms. The minimum absolute atomic E-state index is 0.0893. The Balaban J connectivity index is 1.56. The first-order chi connectivity index (χ1) is 19.1. The van der Waals surface area contributed by atoms with E-state index >= 15 is 0 Å². The van der Waals surface area contributed by atoms with Crippen LogP contribution in [0, 0.1) is 0 Å². The maximum Gasteiger partial charge on any atom is 0.407 e. The van der Waals surface area contributed by atoms with E-state index in [1.807, 2.05) is 36.4 Å². The summed E-state index contributed by atoms with van der Waals surface area (Å²) in [5, 5.41) is 8.16. The number of benzene rings is 2. The molecule has 0 radical (unpaired) electrons. The van der Waals surface area contributed by atoms with Crippen molar-refractivity contribution in [1.82, 2.24) is 16.0 Å². The Bertz CT molecular complexity index is 1100. The fourth-order valence-electron chi connectivity index (χ4n) is 4.60. The number of ether oxygens (including phenoxy) is 4. The number of methoxy groups -OCH3 is 2. The first-order valence-electron chi connectivity index (χ1n) is 13.5. The zero-order chi connectivity index (χ0) is 29.1. The average molecular weight is 556 g/mol. The van der Waals surface area contributed by atoms with E-state index in [1.54, 1.807) is 20.8 Å². The molecule has 10 heteroatoms. The highest BCUT2D eigenvalue weighted by Gasteiger charge is 2.30. The molecule has 3 rings (SSSR count). The van der Waals surface area contributed by atoms with Gasteiger partial charge in [-0.2, -0.15) is 0 Å². The van der Waals surface area contributed by atoms with Crippen molar-refractivity contribution in [3.05, 3.63) is 59.7 Å². The highest BCUT2D eigenvalue weighted by molar-refractivity contribution is 5.85. The van der Waals surface area contributed by atoms with Crippen LogP contribution in [0.1, 0.15) is 57.1 Å². The van der Waals surface area contributed by atoms with Crippen molar-refractivity contribution in [2.75, 3.05) is 33.9 Å². The van der Waals surface area contributed by atoms with E-state index in [4.69, 9.17) is 18.9 Å². The van der Waals surface area contributed by atoms with Gasteiger partial charge in [0.05, 0.1) is 6.54 Å². The van der Waals surface area contributed by atoms with E-state index in [0.717, 1.165) is 22.3 Å². The van der Waals surface area contributed by atoms with Crippen molar-refractivity contribution in [2.24, 2.45) is 0 Å².